The van der Waals surface area contributed by atoms with Crippen molar-refractivity contribution in [1.82, 2.24) is 19.9 Å². The van der Waals surface area contributed by atoms with E-state index < -0.39 is 76.4 Å². The van der Waals surface area contributed by atoms with Crippen molar-refractivity contribution in [1.29, 1.82) is 0 Å². The smallest absolute Gasteiger partial charge is 0.387 e. The molecule has 26 nitrogen and oxygen atoms in total. The number of nitrogens with one attached hydrogen (secondary N) is 4. The Hall–Kier alpha value is -9.72. The summed E-state index contributed by atoms with van der Waals surface area (Å²) in [5, 5.41) is 50.4. The number of phenolic OH excluding ortho intramolecular Hbond substituents is 1. The summed E-state index contributed by atoms with van der Waals surface area (Å²) in [5.41, 5.74) is -1.06. The Morgan fingerprint density at radius 2 is 0.910 bits per heavy atom. The first-order valence-electron chi connectivity index (χ1n) is 20.7. The number of nitro groups is 2. The van der Waals surface area contributed by atoms with Gasteiger partial charge in [0.15, 0.2) is 5.75 Å². The van der Waals surface area contributed by atoms with Gasteiger partial charge >= 0.3 is 55.1 Å². The molecule has 0 unspecified atom stereocenters. The number of methoxy groups -OCH3 is 3. The molecular formula is C44H38Cl2F6N10O16. The molecule has 0 bridgehead atoms. The average molecular weight is 1150 g/mol. The third-order valence-corrected chi connectivity index (χ3v) is 9.46. The summed E-state index contributed by atoms with van der Waals surface area (Å²) in [6.45, 7) is -9.40. The first-order chi connectivity index (χ1) is 36.8. The number of nitrogens with zero attached hydrogens (tertiary/aromatic N) is 6. The van der Waals surface area contributed by atoms with Gasteiger partial charge in [-0.2, -0.15) is 36.3 Å². The number of hydrogen-bond donors (Lipinski definition) is 6. The van der Waals surface area contributed by atoms with Crippen LogP contribution in [-0.2, 0) is 14.2 Å². The first-order valence-corrected chi connectivity index (χ1v) is 21.4. The van der Waals surface area contributed by atoms with Gasteiger partial charge in [-0.05, 0) is 48.5 Å². The monoisotopic (exact) mass is 1150 g/mol. The molecule has 6 aromatic rings. The van der Waals surface area contributed by atoms with Gasteiger partial charge in [-0.3, -0.25) is 20.2 Å². The number of esters is 3. The van der Waals surface area contributed by atoms with E-state index in [0.717, 1.165) is 49.6 Å². The van der Waals surface area contributed by atoms with E-state index in [-0.39, 0.29) is 62.0 Å². The number of aromatic hydroxyl groups is 1. The van der Waals surface area contributed by atoms with Crippen molar-refractivity contribution in [2.75, 3.05) is 56.7 Å². The molecule has 34 heteroatoms. The zero-order valence-electron chi connectivity index (χ0n) is 40.1. The van der Waals surface area contributed by atoms with Crippen LogP contribution >= 0.6 is 23.2 Å². The van der Waals surface area contributed by atoms with E-state index in [9.17, 15) is 65.7 Å². The number of carboxylic acids is 1. The van der Waals surface area contributed by atoms with Crippen LogP contribution in [0.3, 0.4) is 0 Å². The number of halogens is 8. The average Bonchev–Trinajstić information content (AvgIpc) is 3.40. The minimum atomic E-state index is -3.22. The van der Waals surface area contributed by atoms with Crippen LogP contribution in [0.1, 0.15) is 41.4 Å². The predicted molar refractivity (Wildman–Crippen MR) is 261 cm³/mol. The largest absolute Gasteiger partial charge is 0.502 e. The highest BCUT2D eigenvalue weighted by atomic mass is 35.5. The summed E-state index contributed by atoms with van der Waals surface area (Å²) in [5.74, 6) is -4.38. The number of aromatic nitrogens is 4. The van der Waals surface area contributed by atoms with E-state index >= 15 is 0 Å². The standard InChI is InChI=1S/C14H13ClF2N4O3.C13H11ClF2N4O3.C9H7F2NO5.C8H7NO5/c1-18-11-8(15)6-19-14(21-11)20-9-4-3-7(12(22)23-2)5-10(9)24-13(16)17;1-17-10-7(14)5-18-13(20-10)19-8-3-2-6(11(21)22)4-9(8)23-12(15)16;1-16-8(13)5-2-3-6(12(14)15)7(4-5)17-9(10)11;1-14-8(11)5-2-3-6(9(12)13)7(10)4-5/h3-6,13H,1-2H3,(H2,18,19,20,21);2-5,12H,1H3,(H,21,22)(H2,17,18,19,20);2-4,9H,1H3;2-4,10H,1H3. The van der Waals surface area contributed by atoms with Gasteiger partial charge in [-0.15, -0.1) is 0 Å². The molecule has 0 aliphatic carbocycles. The SMILES string of the molecule is CNc1nc(Nc2ccc(C(=O)O)cc2OC(F)F)ncc1Cl.CNc1nc(Nc2ccc(C(=O)OC)cc2OC(F)F)ncc1Cl.COC(=O)c1ccc([N+](=O)[O-])c(O)c1.COC(=O)c1ccc([N+](=O)[O-])c(OC(F)F)c1. The maximum absolute atomic E-state index is 12.6. The van der Waals surface area contributed by atoms with E-state index in [1.54, 1.807) is 14.1 Å². The summed E-state index contributed by atoms with van der Waals surface area (Å²) in [7, 11) is 6.68. The van der Waals surface area contributed by atoms with E-state index in [1.807, 2.05) is 0 Å². The van der Waals surface area contributed by atoms with Crippen LogP contribution in [0.15, 0.2) is 85.2 Å². The third-order valence-electron chi connectivity index (χ3n) is 8.91. The summed E-state index contributed by atoms with van der Waals surface area (Å²) < 4.78 is 100. The van der Waals surface area contributed by atoms with Crippen LogP contribution in [0.4, 0.5) is 72.6 Å². The maximum atomic E-state index is 12.6. The summed E-state index contributed by atoms with van der Waals surface area (Å²) >= 11 is 11.7. The molecule has 2 aromatic heterocycles. The number of benzene rings is 4. The molecular weight excluding hydrogens is 1110 g/mol. The fourth-order valence-corrected chi connectivity index (χ4v) is 5.86. The molecule has 0 aliphatic rings. The number of carboxylic acid groups (broad SMARTS) is 1. The van der Waals surface area contributed by atoms with Gasteiger partial charge < -0.3 is 59.9 Å². The molecule has 0 spiro atoms. The van der Waals surface area contributed by atoms with Crippen molar-refractivity contribution in [2.24, 2.45) is 0 Å². The molecule has 0 radical (unpaired) electrons. The molecule has 0 saturated carbocycles. The van der Waals surface area contributed by atoms with Gasteiger partial charge in [0.05, 0.1) is 77.2 Å². The second-order valence-corrected chi connectivity index (χ2v) is 14.6. The highest BCUT2D eigenvalue weighted by Crippen LogP contribution is 2.33. The molecule has 0 amide bonds. The fraction of sp³-hybridized carbons (Fsp3) is 0.182. The lowest BCUT2D eigenvalue weighted by atomic mass is 10.2. The Morgan fingerprint density at radius 1 is 0.564 bits per heavy atom. The fourth-order valence-electron chi connectivity index (χ4n) is 5.49. The Morgan fingerprint density at radius 3 is 1.27 bits per heavy atom. The molecule has 0 aliphatic heterocycles. The number of carbonyl (C=O) groups excluding carboxylic acids is 3. The number of alkyl halides is 6. The minimum Gasteiger partial charge on any atom is -0.502 e. The van der Waals surface area contributed by atoms with Gasteiger partial charge in [0.2, 0.25) is 17.6 Å². The van der Waals surface area contributed by atoms with Crippen molar-refractivity contribution in [2.45, 2.75) is 19.8 Å². The van der Waals surface area contributed by atoms with Crippen molar-refractivity contribution >= 4 is 93.4 Å². The number of nitro benzene ring substituents is 2. The Bertz CT molecular complexity index is 3120. The van der Waals surface area contributed by atoms with E-state index in [2.05, 4.69) is 69.6 Å². The highest BCUT2D eigenvalue weighted by Gasteiger charge is 2.22. The number of aromatic carboxylic acids is 1. The van der Waals surface area contributed by atoms with Gasteiger partial charge in [-0.1, -0.05) is 23.2 Å². The van der Waals surface area contributed by atoms with E-state index in [0.29, 0.717) is 16.7 Å². The van der Waals surface area contributed by atoms with Crippen LogP contribution in [0, 0.1) is 20.2 Å². The van der Waals surface area contributed by atoms with Gasteiger partial charge in [0.25, 0.3) is 0 Å². The highest BCUT2D eigenvalue weighted by molar-refractivity contribution is 6.33. The molecule has 4 aromatic carbocycles. The maximum Gasteiger partial charge on any atom is 0.387 e. The molecule has 0 atom stereocenters. The number of carbonyl (C=O) groups is 4. The second-order valence-electron chi connectivity index (χ2n) is 13.8. The van der Waals surface area contributed by atoms with E-state index in [4.69, 9.17) is 33.4 Å². The Kier molecular flexibility index (Phi) is 24.1. The topological polar surface area (TPSA) is 350 Å². The number of ether oxygens (including phenoxy) is 6. The van der Waals surface area contributed by atoms with E-state index in [1.165, 1.54) is 56.9 Å². The molecule has 78 heavy (non-hydrogen) atoms. The first kappa shape index (κ1) is 62.6. The minimum absolute atomic E-state index is 0.0617. The van der Waals surface area contributed by atoms with Crippen molar-refractivity contribution in [3.8, 4) is 23.0 Å². The molecule has 2 heterocycles. The van der Waals surface area contributed by atoms with Crippen LogP contribution in [0.2, 0.25) is 10.0 Å². The molecule has 0 fully saturated rings. The lowest BCUT2D eigenvalue weighted by molar-refractivity contribution is -0.386. The summed E-state index contributed by atoms with van der Waals surface area (Å²) in [4.78, 5) is 79.6. The van der Waals surface area contributed by atoms with Crippen molar-refractivity contribution in [3.63, 3.8) is 0 Å². The Balaban J connectivity index is 0.000000279. The van der Waals surface area contributed by atoms with Crippen LogP contribution in [0.25, 0.3) is 0 Å². The van der Waals surface area contributed by atoms with Crippen molar-refractivity contribution in [3.05, 3.63) is 138 Å². The Labute approximate surface area is 443 Å². The zero-order valence-corrected chi connectivity index (χ0v) is 41.6. The number of hydrogen-bond acceptors (Lipinski definition) is 23. The molecule has 0 saturated heterocycles. The normalized spacial score (nSPS) is 10.2. The predicted octanol–water partition coefficient (Wildman–Crippen LogP) is 9.59. The van der Waals surface area contributed by atoms with Gasteiger partial charge in [0.1, 0.15) is 33.2 Å². The summed E-state index contributed by atoms with van der Waals surface area (Å²) in [6, 6.07) is 13.4. The van der Waals surface area contributed by atoms with Crippen LogP contribution in [0.5, 0.6) is 23.0 Å². The van der Waals surface area contributed by atoms with Gasteiger partial charge in [0, 0.05) is 38.4 Å². The summed E-state index contributed by atoms with van der Waals surface area (Å²) in [6.07, 6.45) is 2.67. The number of anilines is 6. The molecule has 6 N–H and O–H groups in total. The lowest BCUT2D eigenvalue weighted by Crippen LogP contribution is -2.08. The quantitative estimate of drug-likeness (QED) is 0.0153. The van der Waals surface area contributed by atoms with Crippen molar-refractivity contribution < 1.29 is 94.0 Å². The van der Waals surface area contributed by atoms with Crippen LogP contribution < -0.4 is 35.5 Å². The second kappa shape index (κ2) is 30.0. The molecule has 6 rings (SSSR count). The van der Waals surface area contributed by atoms with Gasteiger partial charge in [-0.25, -0.2) is 29.1 Å². The molecule has 416 valence electrons. The number of rotatable bonds is 18. The zero-order chi connectivity index (χ0) is 58.4. The third kappa shape index (κ3) is 18.9. The number of phenols is 1. The lowest BCUT2D eigenvalue weighted by Gasteiger charge is -2.13. The van der Waals surface area contributed by atoms with Crippen LogP contribution in [-0.4, -0.2) is 119 Å².